The third kappa shape index (κ3) is 3.95. The number of hydrogen-bond donors (Lipinski definition) is 1. The third-order valence-electron chi connectivity index (χ3n) is 3.66. The summed E-state index contributed by atoms with van der Waals surface area (Å²) in [5.74, 6) is -0.0457. The van der Waals surface area contributed by atoms with E-state index < -0.39 is 5.97 Å². The standard InChI is InChI=1S/C20H17NO4/c1-13-5-10-17(14(2)12-13)25-20(23)15-6-8-16(9-7-15)21-19(22)18-4-3-11-24-18/h3-12H,1-2H3,(H,21,22). The average molecular weight is 335 g/mol. The molecular weight excluding hydrogens is 318 g/mol. The summed E-state index contributed by atoms with van der Waals surface area (Å²) in [6.07, 6.45) is 1.43. The van der Waals surface area contributed by atoms with E-state index in [1.54, 1.807) is 42.5 Å². The number of aryl methyl sites for hydroxylation is 2. The van der Waals surface area contributed by atoms with Gasteiger partial charge in [0.25, 0.3) is 5.91 Å². The van der Waals surface area contributed by atoms with Gasteiger partial charge in [0.15, 0.2) is 5.76 Å². The summed E-state index contributed by atoms with van der Waals surface area (Å²) < 4.78 is 10.5. The molecule has 0 radical (unpaired) electrons. The molecule has 1 aromatic heterocycles. The molecule has 0 fully saturated rings. The summed E-state index contributed by atoms with van der Waals surface area (Å²) in [6.45, 7) is 3.87. The minimum Gasteiger partial charge on any atom is -0.459 e. The fraction of sp³-hybridized carbons (Fsp3) is 0.100. The van der Waals surface area contributed by atoms with E-state index in [0.717, 1.165) is 11.1 Å². The van der Waals surface area contributed by atoms with Gasteiger partial charge in [0.2, 0.25) is 0 Å². The summed E-state index contributed by atoms with van der Waals surface area (Å²) >= 11 is 0. The molecule has 0 aliphatic carbocycles. The van der Waals surface area contributed by atoms with Gasteiger partial charge in [-0.3, -0.25) is 4.79 Å². The van der Waals surface area contributed by atoms with E-state index in [4.69, 9.17) is 9.15 Å². The highest BCUT2D eigenvalue weighted by molar-refractivity contribution is 6.02. The van der Waals surface area contributed by atoms with E-state index in [-0.39, 0.29) is 11.7 Å². The Morgan fingerprint density at radius 1 is 1.00 bits per heavy atom. The molecule has 1 amide bonds. The third-order valence-corrected chi connectivity index (χ3v) is 3.66. The van der Waals surface area contributed by atoms with Crippen LogP contribution in [0.2, 0.25) is 0 Å². The number of amides is 1. The Morgan fingerprint density at radius 3 is 2.40 bits per heavy atom. The molecule has 3 aromatic rings. The zero-order valence-electron chi connectivity index (χ0n) is 13.9. The lowest BCUT2D eigenvalue weighted by atomic mass is 10.1. The second kappa shape index (κ2) is 7.05. The van der Waals surface area contributed by atoms with Crippen molar-refractivity contribution >= 4 is 17.6 Å². The molecule has 0 aliphatic rings. The maximum Gasteiger partial charge on any atom is 0.343 e. The topological polar surface area (TPSA) is 68.5 Å². The summed E-state index contributed by atoms with van der Waals surface area (Å²) in [5, 5.41) is 2.69. The van der Waals surface area contributed by atoms with Crippen LogP contribution in [-0.4, -0.2) is 11.9 Å². The quantitative estimate of drug-likeness (QED) is 0.568. The number of rotatable bonds is 4. The Hall–Kier alpha value is -3.34. The molecule has 5 heteroatoms. The summed E-state index contributed by atoms with van der Waals surface area (Å²) in [7, 11) is 0. The van der Waals surface area contributed by atoms with E-state index in [0.29, 0.717) is 17.0 Å². The van der Waals surface area contributed by atoms with Crippen LogP contribution in [0.5, 0.6) is 5.75 Å². The average Bonchev–Trinajstić information content (AvgIpc) is 3.13. The predicted molar refractivity (Wildman–Crippen MR) is 94.0 cm³/mol. The SMILES string of the molecule is Cc1ccc(OC(=O)c2ccc(NC(=O)c3ccco3)cc2)c(C)c1. The zero-order chi connectivity index (χ0) is 17.8. The van der Waals surface area contributed by atoms with Gasteiger partial charge in [-0.15, -0.1) is 0 Å². The monoisotopic (exact) mass is 335 g/mol. The van der Waals surface area contributed by atoms with Gasteiger partial charge in [-0.25, -0.2) is 4.79 Å². The lowest BCUT2D eigenvalue weighted by Gasteiger charge is -2.09. The second-order valence-corrected chi connectivity index (χ2v) is 5.67. The van der Waals surface area contributed by atoms with Crippen molar-refractivity contribution in [2.75, 3.05) is 5.32 Å². The molecule has 0 unspecified atom stereocenters. The summed E-state index contributed by atoms with van der Waals surface area (Å²) in [6, 6.07) is 15.3. The van der Waals surface area contributed by atoms with Gasteiger partial charge in [0.1, 0.15) is 5.75 Å². The van der Waals surface area contributed by atoms with Gasteiger partial charge in [0.05, 0.1) is 11.8 Å². The van der Waals surface area contributed by atoms with E-state index in [1.165, 1.54) is 6.26 Å². The van der Waals surface area contributed by atoms with Crippen LogP contribution in [0.15, 0.2) is 65.3 Å². The number of furan rings is 1. The molecule has 5 nitrogen and oxygen atoms in total. The number of carbonyl (C=O) groups is 2. The van der Waals surface area contributed by atoms with Crippen LogP contribution < -0.4 is 10.1 Å². The first-order valence-electron chi connectivity index (χ1n) is 7.77. The number of esters is 1. The minimum atomic E-state index is -0.448. The van der Waals surface area contributed by atoms with E-state index in [9.17, 15) is 9.59 Å². The normalized spacial score (nSPS) is 10.3. The van der Waals surface area contributed by atoms with E-state index in [1.807, 2.05) is 26.0 Å². The molecule has 0 aliphatic heterocycles. The van der Waals surface area contributed by atoms with Crippen LogP contribution in [0, 0.1) is 13.8 Å². The maximum absolute atomic E-state index is 12.2. The van der Waals surface area contributed by atoms with Crippen molar-refractivity contribution in [3.8, 4) is 5.75 Å². The fourth-order valence-corrected chi connectivity index (χ4v) is 2.36. The highest BCUT2D eigenvalue weighted by Gasteiger charge is 2.12. The van der Waals surface area contributed by atoms with Gasteiger partial charge in [-0.05, 0) is 61.9 Å². The minimum absolute atomic E-state index is 0.221. The first kappa shape index (κ1) is 16.5. The van der Waals surface area contributed by atoms with Crippen LogP contribution in [0.3, 0.4) is 0 Å². The van der Waals surface area contributed by atoms with Crippen molar-refractivity contribution in [1.82, 2.24) is 0 Å². The largest absolute Gasteiger partial charge is 0.459 e. The Balaban J connectivity index is 1.67. The van der Waals surface area contributed by atoms with Gasteiger partial charge < -0.3 is 14.5 Å². The van der Waals surface area contributed by atoms with E-state index >= 15 is 0 Å². The molecule has 25 heavy (non-hydrogen) atoms. The van der Waals surface area contributed by atoms with Gasteiger partial charge in [-0.2, -0.15) is 0 Å². The van der Waals surface area contributed by atoms with Crippen LogP contribution in [-0.2, 0) is 0 Å². The Labute approximate surface area is 145 Å². The number of hydrogen-bond acceptors (Lipinski definition) is 4. The van der Waals surface area contributed by atoms with Crippen LogP contribution in [0.1, 0.15) is 32.0 Å². The highest BCUT2D eigenvalue weighted by Crippen LogP contribution is 2.20. The molecule has 0 saturated carbocycles. The first-order chi connectivity index (χ1) is 12.0. The molecule has 1 N–H and O–H groups in total. The summed E-state index contributed by atoms with van der Waals surface area (Å²) in [5.41, 5.74) is 2.96. The fourth-order valence-electron chi connectivity index (χ4n) is 2.36. The lowest BCUT2D eigenvalue weighted by molar-refractivity contribution is 0.0733. The molecule has 0 bridgehead atoms. The smallest absolute Gasteiger partial charge is 0.343 e. The maximum atomic E-state index is 12.2. The van der Waals surface area contributed by atoms with Crippen LogP contribution >= 0.6 is 0 Å². The number of ether oxygens (including phenoxy) is 1. The van der Waals surface area contributed by atoms with Crippen molar-refractivity contribution in [2.45, 2.75) is 13.8 Å². The van der Waals surface area contributed by atoms with Crippen LogP contribution in [0.4, 0.5) is 5.69 Å². The zero-order valence-corrected chi connectivity index (χ0v) is 13.9. The molecule has 2 aromatic carbocycles. The second-order valence-electron chi connectivity index (χ2n) is 5.67. The van der Waals surface area contributed by atoms with Crippen molar-refractivity contribution in [3.05, 3.63) is 83.3 Å². The number of anilines is 1. The molecule has 3 rings (SSSR count). The van der Waals surface area contributed by atoms with Gasteiger partial charge in [-0.1, -0.05) is 17.7 Å². The van der Waals surface area contributed by atoms with Crippen molar-refractivity contribution in [3.63, 3.8) is 0 Å². The molecule has 0 spiro atoms. The predicted octanol–water partition coefficient (Wildman–Crippen LogP) is 4.37. The van der Waals surface area contributed by atoms with Gasteiger partial charge >= 0.3 is 5.97 Å². The number of carbonyl (C=O) groups excluding carboxylic acids is 2. The highest BCUT2D eigenvalue weighted by atomic mass is 16.5. The number of benzene rings is 2. The molecule has 126 valence electrons. The van der Waals surface area contributed by atoms with Crippen molar-refractivity contribution in [2.24, 2.45) is 0 Å². The lowest BCUT2D eigenvalue weighted by Crippen LogP contribution is -2.12. The Morgan fingerprint density at radius 2 is 1.76 bits per heavy atom. The van der Waals surface area contributed by atoms with Crippen molar-refractivity contribution < 1.29 is 18.7 Å². The molecule has 1 heterocycles. The molecular formula is C20H17NO4. The number of nitrogens with one attached hydrogen (secondary N) is 1. The Bertz CT molecular complexity index is 896. The first-order valence-corrected chi connectivity index (χ1v) is 7.77. The summed E-state index contributed by atoms with van der Waals surface area (Å²) in [4.78, 5) is 24.2. The van der Waals surface area contributed by atoms with Crippen LogP contribution in [0.25, 0.3) is 0 Å². The van der Waals surface area contributed by atoms with E-state index in [2.05, 4.69) is 5.32 Å². The van der Waals surface area contributed by atoms with Crippen molar-refractivity contribution in [1.29, 1.82) is 0 Å². The molecule has 0 saturated heterocycles. The van der Waals surface area contributed by atoms with Gasteiger partial charge in [0, 0.05) is 5.69 Å². The molecule has 0 atom stereocenters. The Kier molecular flexibility index (Phi) is 4.66.